The number of hydrogen-bond acceptors (Lipinski definition) is 6. The third kappa shape index (κ3) is 5.58. The summed E-state index contributed by atoms with van der Waals surface area (Å²) in [5.41, 5.74) is 0.349. The predicted molar refractivity (Wildman–Crippen MR) is 94.5 cm³/mol. The van der Waals surface area contributed by atoms with E-state index in [-0.39, 0.29) is 24.1 Å². The number of likely N-dealkylation sites (tertiary alicyclic amines) is 1. The first-order valence-electron chi connectivity index (χ1n) is 8.85. The first-order chi connectivity index (χ1) is 12.0. The van der Waals surface area contributed by atoms with Gasteiger partial charge in [0.05, 0.1) is 6.61 Å². The molecule has 1 saturated heterocycles. The number of rotatable bonds is 6. The largest absolute Gasteiger partial charge is 0.450 e. The highest BCUT2D eigenvalue weighted by Gasteiger charge is 2.24. The number of nitrogens with zero attached hydrogens (tertiary/aromatic N) is 3. The molecule has 0 saturated carbocycles. The molecule has 0 radical (unpaired) electrons. The summed E-state index contributed by atoms with van der Waals surface area (Å²) in [5.74, 6) is 0.239. The number of aromatic nitrogens is 2. The quantitative estimate of drug-likeness (QED) is 0.816. The zero-order valence-corrected chi connectivity index (χ0v) is 15.1. The van der Waals surface area contributed by atoms with E-state index in [4.69, 9.17) is 4.74 Å². The summed E-state index contributed by atoms with van der Waals surface area (Å²) in [5, 5.41) is 6.15. The van der Waals surface area contributed by atoms with Crippen LogP contribution in [0.5, 0.6) is 0 Å². The van der Waals surface area contributed by atoms with Crippen molar-refractivity contribution in [1.29, 1.82) is 0 Å². The van der Waals surface area contributed by atoms with E-state index in [1.165, 1.54) is 0 Å². The van der Waals surface area contributed by atoms with E-state index in [0.29, 0.717) is 31.3 Å². The average molecular weight is 349 g/mol. The monoisotopic (exact) mass is 349 g/mol. The molecule has 1 atom stereocenters. The SMILES string of the molecule is CCOC(=O)N1CCC(Nc2nccc(C(=O)NC(C)CC)n2)CC1. The van der Waals surface area contributed by atoms with Crippen molar-refractivity contribution in [3.8, 4) is 0 Å². The van der Waals surface area contributed by atoms with Crippen LogP contribution in [-0.4, -0.2) is 58.6 Å². The van der Waals surface area contributed by atoms with Gasteiger partial charge in [0.25, 0.3) is 5.91 Å². The first-order valence-corrected chi connectivity index (χ1v) is 8.85. The van der Waals surface area contributed by atoms with Crippen LogP contribution in [0.15, 0.2) is 12.3 Å². The maximum absolute atomic E-state index is 12.2. The second-order valence-corrected chi connectivity index (χ2v) is 6.15. The summed E-state index contributed by atoms with van der Waals surface area (Å²) in [6.45, 7) is 7.41. The predicted octanol–water partition coefficient (Wildman–Crippen LogP) is 2.04. The maximum Gasteiger partial charge on any atom is 0.409 e. The van der Waals surface area contributed by atoms with Crippen molar-refractivity contribution in [1.82, 2.24) is 20.2 Å². The Morgan fingerprint density at radius 3 is 2.72 bits per heavy atom. The second kappa shape index (κ2) is 9.19. The van der Waals surface area contributed by atoms with Gasteiger partial charge in [-0.1, -0.05) is 6.92 Å². The Balaban J connectivity index is 1.88. The molecule has 0 spiro atoms. The Hall–Kier alpha value is -2.38. The molecule has 1 aromatic heterocycles. The molecule has 1 aliphatic heterocycles. The van der Waals surface area contributed by atoms with Crippen LogP contribution in [0, 0.1) is 0 Å². The Morgan fingerprint density at radius 1 is 1.36 bits per heavy atom. The number of amides is 2. The zero-order chi connectivity index (χ0) is 18.2. The molecule has 138 valence electrons. The van der Waals surface area contributed by atoms with E-state index >= 15 is 0 Å². The van der Waals surface area contributed by atoms with Gasteiger partial charge in [0.15, 0.2) is 0 Å². The van der Waals surface area contributed by atoms with Crippen LogP contribution in [0.25, 0.3) is 0 Å². The van der Waals surface area contributed by atoms with E-state index in [9.17, 15) is 9.59 Å². The lowest BCUT2D eigenvalue weighted by Crippen LogP contribution is -2.42. The van der Waals surface area contributed by atoms with Crippen LogP contribution < -0.4 is 10.6 Å². The summed E-state index contributed by atoms with van der Waals surface area (Å²) in [6.07, 6.45) is 3.74. The molecule has 2 rings (SSSR count). The molecular weight excluding hydrogens is 322 g/mol. The van der Waals surface area contributed by atoms with E-state index in [0.717, 1.165) is 19.3 Å². The molecule has 1 aromatic rings. The molecule has 2 amide bonds. The fourth-order valence-electron chi connectivity index (χ4n) is 2.56. The van der Waals surface area contributed by atoms with Gasteiger partial charge < -0.3 is 20.3 Å². The number of anilines is 1. The van der Waals surface area contributed by atoms with E-state index < -0.39 is 0 Å². The molecule has 1 aliphatic rings. The maximum atomic E-state index is 12.2. The first kappa shape index (κ1) is 19.0. The van der Waals surface area contributed by atoms with Crippen LogP contribution in [0.1, 0.15) is 50.5 Å². The Bertz CT molecular complexity index is 587. The minimum atomic E-state index is -0.263. The molecule has 1 fully saturated rings. The Kier molecular flexibility index (Phi) is 6.97. The zero-order valence-electron chi connectivity index (χ0n) is 15.1. The highest BCUT2D eigenvalue weighted by atomic mass is 16.6. The molecule has 2 heterocycles. The number of carbonyl (C=O) groups excluding carboxylic acids is 2. The van der Waals surface area contributed by atoms with Crippen molar-refractivity contribution >= 4 is 17.9 Å². The number of hydrogen-bond donors (Lipinski definition) is 2. The van der Waals surface area contributed by atoms with Gasteiger partial charge in [-0.15, -0.1) is 0 Å². The van der Waals surface area contributed by atoms with Gasteiger partial charge in [-0.2, -0.15) is 0 Å². The number of ether oxygens (including phenoxy) is 1. The second-order valence-electron chi connectivity index (χ2n) is 6.15. The smallest absolute Gasteiger partial charge is 0.409 e. The van der Waals surface area contributed by atoms with Crippen molar-refractivity contribution in [2.75, 3.05) is 25.0 Å². The lowest BCUT2D eigenvalue weighted by Gasteiger charge is -2.31. The molecule has 8 heteroatoms. The van der Waals surface area contributed by atoms with Crippen molar-refractivity contribution in [2.45, 2.75) is 52.1 Å². The van der Waals surface area contributed by atoms with Crippen LogP contribution >= 0.6 is 0 Å². The Morgan fingerprint density at radius 2 is 2.08 bits per heavy atom. The van der Waals surface area contributed by atoms with Crippen LogP contribution in [-0.2, 0) is 4.74 Å². The molecule has 0 aliphatic carbocycles. The van der Waals surface area contributed by atoms with Gasteiger partial charge in [-0.05, 0) is 39.2 Å². The van der Waals surface area contributed by atoms with E-state index in [1.807, 2.05) is 13.8 Å². The minimum Gasteiger partial charge on any atom is -0.450 e. The molecule has 8 nitrogen and oxygen atoms in total. The van der Waals surface area contributed by atoms with Crippen LogP contribution in [0.4, 0.5) is 10.7 Å². The van der Waals surface area contributed by atoms with Gasteiger partial charge >= 0.3 is 6.09 Å². The summed E-state index contributed by atoms with van der Waals surface area (Å²) >= 11 is 0. The normalized spacial score (nSPS) is 16.2. The molecule has 1 unspecified atom stereocenters. The summed E-state index contributed by atoms with van der Waals surface area (Å²) in [7, 11) is 0. The summed E-state index contributed by atoms with van der Waals surface area (Å²) in [4.78, 5) is 34.1. The van der Waals surface area contributed by atoms with Crippen molar-refractivity contribution in [3.63, 3.8) is 0 Å². The summed E-state index contributed by atoms with van der Waals surface area (Å²) < 4.78 is 5.02. The average Bonchev–Trinajstić information content (AvgIpc) is 2.62. The van der Waals surface area contributed by atoms with Gasteiger partial charge in [-0.25, -0.2) is 14.8 Å². The topological polar surface area (TPSA) is 96.5 Å². The summed E-state index contributed by atoms with van der Waals surface area (Å²) in [6, 6.07) is 1.87. The molecule has 0 aromatic carbocycles. The fourth-order valence-corrected chi connectivity index (χ4v) is 2.56. The third-order valence-corrected chi connectivity index (χ3v) is 4.23. The molecular formula is C17H27N5O3. The van der Waals surface area contributed by atoms with E-state index in [2.05, 4.69) is 20.6 Å². The van der Waals surface area contributed by atoms with Crippen molar-refractivity contribution in [2.24, 2.45) is 0 Å². The third-order valence-electron chi connectivity index (χ3n) is 4.23. The van der Waals surface area contributed by atoms with Crippen LogP contribution in [0.3, 0.4) is 0 Å². The lowest BCUT2D eigenvalue weighted by atomic mass is 10.1. The fraction of sp³-hybridized carbons (Fsp3) is 0.647. The van der Waals surface area contributed by atoms with Gasteiger partial charge in [-0.3, -0.25) is 4.79 Å². The van der Waals surface area contributed by atoms with Crippen molar-refractivity contribution in [3.05, 3.63) is 18.0 Å². The lowest BCUT2D eigenvalue weighted by molar-refractivity contribution is 0.0932. The number of piperidine rings is 1. The highest BCUT2D eigenvalue weighted by molar-refractivity contribution is 5.92. The van der Waals surface area contributed by atoms with E-state index in [1.54, 1.807) is 24.1 Å². The highest BCUT2D eigenvalue weighted by Crippen LogP contribution is 2.15. The Labute approximate surface area is 148 Å². The number of nitrogens with one attached hydrogen (secondary N) is 2. The standard InChI is InChI=1S/C17H27N5O3/c1-4-12(3)19-15(23)14-6-9-18-16(21-14)20-13-7-10-22(11-8-13)17(24)25-5-2/h6,9,12-13H,4-5,7-8,10-11H2,1-3H3,(H,19,23)(H,18,20,21). The molecule has 0 bridgehead atoms. The minimum absolute atomic E-state index is 0.103. The van der Waals surface area contributed by atoms with Gasteiger partial charge in [0.1, 0.15) is 5.69 Å². The number of carbonyl (C=O) groups is 2. The van der Waals surface area contributed by atoms with Crippen molar-refractivity contribution < 1.29 is 14.3 Å². The molecule has 25 heavy (non-hydrogen) atoms. The van der Waals surface area contributed by atoms with Crippen LogP contribution in [0.2, 0.25) is 0 Å². The van der Waals surface area contributed by atoms with Gasteiger partial charge in [0.2, 0.25) is 5.95 Å². The van der Waals surface area contributed by atoms with Gasteiger partial charge in [0, 0.05) is 31.4 Å². The molecule has 2 N–H and O–H groups in total.